The molecule has 0 aromatic heterocycles. The summed E-state index contributed by atoms with van der Waals surface area (Å²) in [6.07, 6.45) is 0. The molecule has 0 unspecified atom stereocenters. The summed E-state index contributed by atoms with van der Waals surface area (Å²) in [6.45, 7) is 2.04. The first-order valence-corrected chi connectivity index (χ1v) is 9.16. The van der Waals surface area contributed by atoms with Crippen LogP contribution in [0.15, 0.2) is 66.7 Å². The average molecular weight is 408 g/mol. The van der Waals surface area contributed by atoms with Crippen molar-refractivity contribution in [3.63, 3.8) is 0 Å². The van der Waals surface area contributed by atoms with Crippen molar-refractivity contribution in [1.82, 2.24) is 0 Å². The SMILES string of the molecule is CCOc1cc([N+](=O)[O-])c(C(=O)Nc2ccccc2Oc2ccccc2)cc1OC. The van der Waals surface area contributed by atoms with Crippen LogP contribution in [0.4, 0.5) is 11.4 Å². The second-order valence-corrected chi connectivity index (χ2v) is 6.08. The molecule has 0 aliphatic rings. The van der Waals surface area contributed by atoms with Crippen LogP contribution in [-0.4, -0.2) is 24.5 Å². The van der Waals surface area contributed by atoms with E-state index in [1.54, 1.807) is 43.3 Å². The van der Waals surface area contributed by atoms with Crippen LogP contribution in [0.25, 0.3) is 0 Å². The lowest BCUT2D eigenvalue weighted by Gasteiger charge is -2.14. The number of carbonyl (C=O) groups excluding carboxylic acids is 1. The molecule has 0 aliphatic carbocycles. The van der Waals surface area contributed by atoms with Gasteiger partial charge in [0.1, 0.15) is 11.3 Å². The molecule has 0 fully saturated rings. The average Bonchev–Trinajstić information content (AvgIpc) is 2.75. The van der Waals surface area contributed by atoms with Crippen LogP contribution >= 0.6 is 0 Å². The smallest absolute Gasteiger partial charge is 0.286 e. The van der Waals surface area contributed by atoms with Crippen LogP contribution in [-0.2, 0) is 0 Å². The summed E-state index contributed by atoms with van der Waals surface area (Å²) in [7, 11) is 1.40. The normalized spacial score (nSPS) is 10.2. The van der Waals surface area contributed by atoms with E-state index in [0.717, 1.165) is 0 Å². The number of rotatable bonds is 8. The highest BCUT2D eigenvalue weighted by Gasteiger charge is 2.25. The first-order chi connectivity index (χ1) is 14.5. The minimum atomic E-state index is -0.674. The molecule has 154 valence electrons. The van der Waals surface area contributed by atoms with Crippen molar-refractivity contribution in [1.29, 1.82) is 0 Å². The standard InChI is InChI=1S/C22H20N2O6/c1-3-29-21-14-18(24(26)27)16(13-20(21)28-2)22(25)23-17-11-7-8-12-19(17)30-15-9-5-4-6-10-15/h4-14H,3H2,1-2H3,(H,23,25). The van der Waals surface area contributed by atoms with Gasteiger partial charge in [-0.15, -0.1) is 0 Å². The Balaban J connectivity index is 1.94. The number of anilines is 1. The Hall–Kier alpha value is -4.07. The number of hydrogen-bond acceptors (Lipinski definition) is 6. The molecule has 3 aromatic rings. The highest BCUT2D eigenvalue weighted by molar-refractivity contribution is 6.08. The van der Waals surface area contributed by atoms with Crippen LogP contribution in [0, 0.1) is 10.1 Å². The molecule has 1 N–H and O–H groups in total. The lowest BCUT2D eigenvalue weighted by molar-refractivity contribution is -0.385. The van der Waals surface area contributed by atoms with Gasteiger partial charge in [0.25, 0.3) is 11.6 Å². The largest absolute Gasteiger partial charge is 0.493 e. The zero-order chi connectivity index (χ0) is 21.5. The van der Waals surface area contributed by atoms with E-state index >= 15 is 0 Å². The van der Waals surface area contributed by atoms with Gasteiger partial charge in [0, 0.05) is 6.07 Å². The number of hydrogen-bond donors (Lipinski definition) is 1. The van der Waals surface area contributed by atoms with Crippen molar-refractivity contribution in [2.75, 3.05) is 19.0 Å². The number of nitrogens with zero attached hydrogens (tertiary/aromatic N) is 1. The lowest BCUT2D eigenvalue weighted by atomic mass is 10.1. The minimum absolute atomic E-state index is 0.158. The summed E-state index contributed by atoms with van der Waals surface area (Å²) in [5.74, 6) is 0.732. The predicted molar refractivity (Wildman–Crippen MR) is 112 cm³/mol. The third-order valence-electron chi connectivity index (χ3n) is 4.13. The Morgan fingerprint density at radius 2 is 1.70 bits per heavy atom. The second kappa shape index (κ2) is 9.42. The number of nitrogens with one attached hydrogen (secondary N) is 1. The number of nitro groups is 1. The van der Waals surface area contributed by atoms with E-state index in [-0.39, 0.29) is 17.1 Å². The highest BCUT2D eigenvalue weighted by atomic mass is 16.6. The number of para-hydroxylation sites is 3. The fourth-order valence-electron chi connectivity index (χ4n) is 2.77. The maximum Gasteiger partial charge on any atom is 0.286 e. The first-order valence-electron chi connectivity index (χ1n) is 9.16. The fraction of sp³-hybridized carbons (Fsp3) is 0.136. The molecule has 0 spiro atoms. The van der Waals surface area contributed by atoms with Gasteiger partial charge in [-0.25, -0.2) is 0 Å². The molecular weight excluding hydrogens is 388 g/mol. The van der Waals surface area contributed by atoms with Gasteiger partial charge in [0.2, 0.25) is 0 Å². The topological polar surface area (TPSA) is 99.9 Å². The number of methoxy groups -OCH3 is 1. The molecule has 0 saturated heterocycles. The highest BCUT2D eigenvalue weighted by Crippen LogP contribution is 2.36. The number of nitro benzene ring substituents is 1. The van der Waals surface area contributed by atoms with Crippen molar-refractivity contribution in [2.45, 2.75) is 6.92 Å². The van der Waals surface area contributed by atoms with Crippen LogP contribution in [0.3, 0.4) is 0 Å². The molecule has 0 radical (unpaired) electrons. The monoisotopic (exact) mass is 408 g/mol. The van der Waals surface area contributed by atoms with Gasteiger partial charge in [0.05, 0.1) is 30.4 Å². The van der Waals surface area contributed by atoms with Crippen LogP contribution in [0.5, 0.6) is 23.0 Å². The first kappa shape index (κ1) is 20.7. The van der Waals surface area contributed by atoms with Crippen LogP contribution < -0.4 is 19.5 Å². The minimum Gasteiger partial charge on any atom is -0.493 e. The number of benzene rings is 3. The van der Waals surface area contributed by atoms with Gasteiger partial charge in [-0.2, -0.15) is 0 Å². The van der Waals surface area contributed by atoms with Crippen LogP contribution in [0.1, 0.15) is 17.3 Å². The summed E-state index contributed by atoms with van der Waals surface area (Å²) in [5.41, 5.74) is -0.179. The van der Waals surface area contributed by atoms with Gasteiger partial charge in [-0.3, -0.25) is 14.9 Å². The van der Waals surface area contributed by atoms with Crippen molar-refractivity contribution in [3.05, 3.63) is 82.4 Å². The van der Waals surface area contributed by atoms with Crippen LogP contribution in [0.2, 0.25) is 0 Å². The van der Waals surface area contributed by atoms with Gasteiger partial charge >= 0.3 is 0 Å². The molecule has 3 rings (SSSR count). The molecule has 30 heavy (non-hydrogen) atoms. The predicted octanol–water partition coefficient (Wildman–Crippen LogP) is 5.05. The molecule has 1 amide bonds. The third kappa shape index (κ3) is 4.67. The lowest BCUT2D eigenvalue weighted by Crippen LogP contribution is -2.15. The quantitative estimate of drug-likeness (QED) is 0.414. The molecule has 0 bridgehead atoms. The van der Waals surface area contributed by atoms with Gasteiger partial charge in [0.15, 0.2) is 17.2 Å². The fourth-order valence-corrected chi connectivity index (χ4v) is 2.77. The molecular formula is C22H20N2O6. The number of carbonyl (C=O) groups is 1. The van der Waals surface area contributed by atoms with Crippen molar-refractivity contribution >= 4 is 17.3 Å². The zero-order valence-electron chi connectivity index (χ0n) is 16.5. The van der Waals surface area contributed by atoms with Crippen molar-refractivity contribution in [2.24, 2.45) is 0 Å². The van der Waals surface area contributed by atoms with Gasteiger partial charge in [-0.1, -0.05) is 30.3 Å². The molecule has 0 atom stereocenters. The summed E-state index contributed by atoms with van der Waals surface area (Å²) < 4.78 is 16.4. The van der Waals surface area contributed by atoms with E-state index in [2.05, 4.69) is 5.32 Å². The van der Waals surface area contributed by atoms with Crippen molar-refractivity contribution in [3.8, 4) is 23.0 Å². The Bertz CT molecular complexity index is 1050. The summed E-state index contributed by atoms with van der Waals surface area (Å²) >= 11 is 0. The van der Waals surface area contributed by atoms with Gasteiger partial charge < -0.3 is 19.5 Å². The molecule has 8 nitrogen and oxygen atoms in total. The van der Waals surface area contributed by atoms with E-state index in [4.69, 9.17) is 14.2 Å². The number of amides is 1. The molecule has 0 heterocycles. The summed E-state index contributed by atoms with van der Waals surface area (Å²) in [6, 6.07) is 18.4. The molecule has 3 aromatic carbocycles. The Morgan fingerprint density at radius 1 is 1.00 bits per heavy atom. The maximum absolute atomic E-state index is 12.9. The Morgan fingerprint density at radius 3 is 2.37 bits per heavy atom. The van der Waals surface area contributed by atoms with Gasteiger partial charge in [-0.05, 0) is 31.2 Å². The Kier molecular flexibility index (Phi) is 6.49. The summed E-state index contributed by atoms with van der Waals surface area (Å²) in [4.78, 5) is 23.8. The zero-order valence-corrected chi connectivity index (χ0v) is 16.5. The van der Waals surface area contributed by atoms with E-state index in [0.29, 0.717) is 23.8 Å². The van der Waals surface area contributed by atoms with E-state index in [1.807, 2.05) is 18.2 Å². The maximum atomic E-state index is 12.9. The molecule has 0 aliphatic heterocycles. The van der Waals surface area contributed by atoms with E-state index in [1.165, 1.54) is 19.2 Å². The summed E-state index contributed by atoms with van der Waals surface area (Å²) in [5, 5.41) is 14.2. The Labute approximate surface area is 173 Å². The third-order valence-corrected chi connectivity index (χ3v) is 4.13. The van der Waals surface area contributed by atoms with E-state index in [9.17, 15) is 14.9 Å². The molecule has 8 heteroatoms. The number of ether oxygens (including phenoxy) is 3. The van der Waals surface area contributed by atoms with E-state index < -0.39 is 16.5 Å². The second-order valence-electron chi connectivity index (χ2n) is 6.08. The van der Waals surface area contributed by atoms with Crippen molar-refractivity contribution < 1.29 is 23.9 Å². The molecule has 0 saturated carbocycles.